The Morgan fingerprint density at radius 1 is 1.64 bits per heavy atom. The number of fused-ring (bicyclic) bond motifs is 1. The lowest BCUT2D eigenvalue weighted by Gasteiger charge is -2.20. The summed E-state index contributed by atoms with van der Waals surface area (Å²) in [7, 11) is 0. The first-order chi connectivity index (χ1) is 5.40. The highest BCUT2D eigenvalue weighted by atomic mass is 35.5. The van der Waals surface area contributed by atoms with Crippen LogP contribution in [0, 0.1) is 0 Å². The Hall–Kier alpha value is -0.890. The smallest absolute Gasteiger partial charge is 0.0926 e. The number of nitrogens with one attached hydrogen (secondary N) is 1. The van der Waals surface area contributed by atoms with Crippen molar-refractivity contribution in [3.8, 4) is 0 Å². The van der Waals surface area contributed by atoms with Crippen molar-refractivity contribution in [2.24, 2.45) is 0 Å². The van der Waals surface area contributed by atoms with Crippen molar-refractivity contribution >= 4 is 17.7 Å². The number of hydrogen-bond donors (Lipinski definition) is 1. The quantitative estimate of drug-likeness (QED) is 0.502. The zero-order valence-corrected chi connectivity index (χ0v) is 6.80. The fraction of sp³-hybridized carbons (Fsp3) is 0.250. The fourth-order valence-corrected chi connectivity index (χ4v) is 1.41. The Labute approximate surface area is 70.5 Å². The van der Waals surface area contributed by atoms with Gasteiger partial charge in [0.2, 0.25) is 0 Å². The third-order valence-electron chi connectivity index (χ3n) is 1.85. The highest BCUT2D eigenvalue weighted by molar-refractivity contribution is 6.17. The minimum Gasteiger partial charge on any atom is -0.361 e. The summed E-state index contributed by atoms with van der Waals surface area (Å²) < 4.78 is 0. The van der Waals surface area contributed by atoms with Gasteiger partial charge in [0.15, 0.2) is 0 Å². The average Bonchev–Trinajstić information content (AvgIpc) is 2.50. The minimum absolute atomic E-state index is 0.557. The second kappa shape index (κ2) is 2.62. The molecular weight excluding hydrogens is 160 g/mol. The van der Waals surface area contributed by atoms with Crippen LogP contribution in [0.25, 0.3) is 6.08 Å². The number of H-pyrrole nitrogens is 1. The number of nitrogens with zero attached hydrogens (tertiary/aromatic N) is 1. The molecule has 2 rings (SSSR count). The van der Waals surface area contributed by atoms with Crippen LogP contribution in [0.1, 0.15) is 11.3 Å². The van der Waals surface area contributed by atoms with Gasteiger partial charge in [0, 0.05) is 24.6 Å². The van der Waals surface area contributed by atoms with E-state index in [1.54, 1.807) is 0 Å². The molecule has 0 radical (unpaired) electrons. The van der Waals surface area contributed by atoms with Crippen molar-refractivity contribution in [1.82, 2.24) is 9.88 Å². The SMILES string of the molecule is ClCN1C=Cc2[nH]ccc2C1. The Balaban J connectivity index is 2.29. The second-order valence-electron chi connectivity index (χ2n) is 2.60. The van der Waals surface area contributed by atoms with Crippen LogP contribution in [0.5, 0.6) is 0 Å². The van der Waals surface area contributed by atoms with Crippen molar-refractivity contribution in [1.29, 1.82) is 0 Å². The molecule has 58 valence electrons. The highest BCUT2D eigenvalue weighted by Crippen LogP contribution is 2.17. The number of aromatic nitrogens is 1. The molecule has 0 aliphatic carbocycles. The third-order valence-corrected chi connectivity index (χ3v) is 2.16. The van der Waals surface area contributed by atoms with E-state index in [-0.39, 0.29) is 0 Å². The number of halogens is 1. The number of aromatic amines is 1. The van der Waals surface area contributed by atoms with E-state index in [1.807, 2.05) is 18.5 Å². The molecule has 0 fully saturated rings. The topological polar surface area (TPSA) is 19.0 Å². The van der Waals surface area contributed by atoms with Gasteiger partial charge in [-0.25, -0.2) is 0 Å². The molecule has 3 heteroatoms. The van der Waals surface area contributed by atoms with Crippen LogP contribution in [0.4, 0.5) is 0 Å². The predicted molar refractivity (Wildman–Crippen MR) is 46.1 cm³/mol. The molecule has 0 amide bonds. The molecule has 0 saturated carbocycles. The van der Waals surface area contributed by atoms with Crippen molar-refractivity contribution in [3.05, 3.63) is 29.7 Å². The molecule has 11 heavy (non-hydrogen) atoms. The van der Waals surface area contributed by atoms with Gasteiger partial charge in [-0.05, 0) is 17.7 Å². The van der Waals surface area contributed by atoms with E-state index in [2.05, 4.69) is 16.0 Å². The van der Waals surface area contributed by atoms with Crippen molar-refractivity contribution in [2.45, 2.75) is 6.54 Å². The van der Waals surface area contributed by atoms with Crippen LogP contribution in [0.3, 0.4) is 0 Å². The molecular formula is C8H9ClN2. The van der Waals surface area contributed by atoms with Crippen molar-refractivity contribution in [3.63, 3.8) is 0 Å². The molecule has 0 saturated heterocycles. The second-order valence-corrected chi connectivity index (χ2v) is 2.84. The molecule has 1 aromatic rings. The van der Waals surface area contributed by atoms with E-state index >= 15 is 0 Å². The summed E-state index contributed by atoms with van der Waals surface area (Å²) in [4.78, 5) is 5.20. The van der Waals surface area contributed by atoms with E-state index in [0.29, 0.717) is 6.00 Å². The molecule has 2 nitrogen and oxygen atoms in total. The largest absolute Gasteiger partial charge is 0.361 e. The van der Waals surface area contributed by atoms with Crippen LogP contribution in [0.15, 0.2) is 18.5 Å². The zero-order chi connectivity index (χ0) is 7.68. The summed E-state index contributed by atoms with van der Waals surface area (Å²) in [5, 5.41) is 0. The molecule has 1 aromatic heterocycles. The Morgan fingerprint density at radius 2 is 2.55 bits per heavy atom. The van der Waals surface area contributed by atoms with Crippen LogP contribution >= 0.6 is 11.6 Å². The normalized spacial score (nSPS) is 15.2. The molecule has 0 bridgehead atoms. The molecule has 1 aliphatic heterocycles. The predicted octanol–water partition coefficient (Wildman–Crippen LogP) is 2.00. The van der Waals surface area contributed by atoms with Gasteiger partial charge in [0.05, 0.1) is 6.00 Å². The van der Waals surface area contributed by atoms with E-state index < -0.39 is 0 Å². The van der Waals surface area contributed by atoms with Gasteiger partial charge >= 0.3 is 0 Å². The third kappa shape index (κ3) is 1.14. The van der Waals surface area contributed by atoms with Gasteiger partial charge in [-0.15, -0.1) is 11.6 Å². The Morgan fingerprint density at radius 3 is 3.36 bits per heavy atom. The van der Waals surface area contributed by atoms with Crippen molar-refractivity contribution < 1.29 is 0 Å². The van der Waals surface area contributed by atoms with Crippen LogP contribution in [-0.4, -0.2) is 15.9 Å². The standard InChI is InChI=1S/C8H9ClN2/c9-6-11-4-2-8-7(5-11)1-3-10-8/h1-4,10H,5-6H2. The first-order valence-electron chi connectivity index (χ1n) is 3.54. The van der Waals surface area contributed by atoms with E-state index in [1.165, 1.54) is 11.3 Å². The van der Waals surface area contributed by atoms with Gasteiger partial charge in [0.1, 0.15) is 0 Å². The molecule has 0 atom stereocenters. The van der Waals surface area contributed by atoms with Crippen LogP contribution < -0.4 is 0 Å². The van der Waals surface area contributed by atoms with E-state index in [9.17, 15) is 0 Å². The summed E-state index contributed by atoms with van der Waals surface area (Å²) in [6, 6.07) is 2.64. The van der Waals surface area contributed by atoms with Crippen molar-refractivity contribution in [2.75, 3.05) is 6.00 Å². The van der Waals surface area contributed by atoms with Crippen LogP contribution in [-0.2, 0) is 6.54 Å². The van der Waals surface area contributed by atoms with Gasteiger partial charge in [-0.2, -0.15) is 0 Å². The number of rotatable bonds is 1. The highest BCUT2D eigenvalue weighted by Gasteiger charge is 2.08. The van der Waals surface area contributed by atoms with Gasteiger partial charge in [-0.1, -0.05) is 0 Å². The van der Waals surface area contributed by atoms with E-state index in [0.717, 1.165) is 6.54 Å². The first kappa shape index (κ1) is 6.80. The van der Waals surface area contributed by atoms with Crippen LogP contribution in [0.2, 0.25) is 0 Å². The summed E-state index contributed by atoms with van der Waals surface area (Å²) >= 11 is 5.68. The first-order valence-corrected chi connectivity index (χ1v) is 4.08. The van der Waals surface area contributed by atoms with E-state index in [4.69, 9.17) is 11.6 Å². The number of alkyl halides is 1. The molecule has 0 spiro atoms. The number of hydrogen-bond acceptors (Lipinski definition) is 1. The Bertz CT molecular complexity index is 277. The zero-order valence-electron chi connectivity index (χ0n) is 6.05. The maximum absolute atomic E-state index is 5.68. The molecule has 1 aliphatic rings. The molecule has 0 unspecified atom stereocenters. The average molecular weight is 169 g/mol. The summed E-state index contributed by atoms with van der Waals surface area (Å²) in [6.45, 7) is 0.916. The van der Waals surface area contributed by atoms with Gasteiger partial charge in [0.25, 0.3) is 0 Å². The lowest BCUT2D eigenvalue weighted by molar-refractivity contribution is 0.427. The minimum atomic E-state index is 0.557. The summed E-state index contributed by atoms with van der Waals surface area (Å²) in [5.74, 6) is 0. The summed E-state index contributed by atoms with van der Waals surface area (Å²) in [5.41, 5.74) is 2.51. The maximum atomic E-state index is 5.68. The Kier molecular flexibility index (Phi) is 1.62. The maximum Gasteiger partial charge on any atom is 0.0926 e. The van der Waals surface area contributed by atoms with Gasteiger partial charge in [-0.3, -0.25) is 0 Å². The molecule has 2 heterocycles. The summed E-state index contributed by atoms with van der Waals surface area (Å²) in [6.07, 6.45) is 6.00. The molecule has 0 aromatic carbocycles. The van der Waals surface area contributed by atoms with Gasteiger partial charge < -0.3 is 9.88 Å². The monoisotopic (exact) mass is 168 g/mol. The molecule has 1 N–H and O–H groups in total. The fourth-order valence-electron chi connectivity index (χ4n) is 1.24. The lowest BCUT2D eigenvalue weighted by atomic mass is 10.2. The lowest BCUT2D eigenvalue weighted by Crippen LogP contribution is -2.17.